The van der Waals surface area contributed by atoms with E-state index in [0.717, 1.165) is 34.2 Å². The lowest BCUT2D eigenvalue weighted by atomic mass is 9.75. The van der Waals surface area contributed by atoms with Crippen LogP contribution in [-0.2, 0) is 35.9 Å². The van der Waals surface area contributed by atoms with Crippen LogP contribution in [0.15, 0.2) is 83.5 Å². The van der Waals surface area contributed by atoms with Gasteiger partial charge < -0.3 is 10.0 Å². The maximum absolute atomic E-state index is 12.6. The molecule has 4 rings (SSSR count). The van der Waals surface area contributed by atoms with Crippen LogP contribution in [0.5, 0.6) is 0 Å². The molecule has 2 heterocycles. The number of anilines is 1. The Balaban J connectivity index is 1.64. The molecule has 0 spiro atoms. The van der Waals surface area contributed by atoms with Crippen LogP contribution in [0.25, 0.3) is 0 Å². The van der Waals surface area contributed by atoms with Crippen molar-refractivity contribution in [3.8, 4) is 0 Å². The van der Waals surface area contributed by atoms with Crippen LogP contribution in [0.4, 0.5) is 11.4 Å². The van der Waals surface area contributed by atoms with Gasteiger partial charge in [0.1, 0.15) is 7.05 Å². The van der Waals surface area contributed by atoms with Gasteiger partial charge in [-0.05, 0) is 107 Å². The van der Waals surface area contributed by atoms with Gasteiger partial charge >= 0.3 is 5.97 Å². The van der Waals surface area contributed by atoms with E-state index in [-0.39, 0.29) is 23.2 Å². The fraction of sp³-hybridized carbons (Fsp3) is 0.405. The minimum atomic E-state index is -4.54. The second-order valence-corrected chi connectivity index (χ2v) is 19.0. The van der Waals surface area contributed by atoms with E-state index in [1.807, 2.05) is 45.1 Å². The third-order valence-corrected chi connectivity index (χ3v) is 13.1. The summed E-state index contributed by atoms with van der Waals surface area (Å²) in [6.45, 7) is 7.74. The topological polar surface area (TPSA) is 152 Å². The number of halogens is 2. The van der Waals surface area contributed by atoms with E-state index in [4.69, 9.17) is 5.11 Å². The van der Waals surface area contributed by atoms with E-state index in [9.17, 15) is 30.7 Å². The van der Waals surface area contributed by atoms with Crippen molar-refractivity contribution in [3.63, 3.8) is 0 Å². The largest absolute Gasteiger partial charge is 0.481 e. The first-order valence-corrected chi connectivity index (χ1v) is 21.8. The number of carboxylic acids is 1. The Morgan fingerprint density at radius 3 is 2.25 bits per heavy atom. The van der Waals surface area contributed by atoms with Crippen molar-refractivity contribution < 1.29 is 40.4 Å². The summed E-state index contributed by atoms with van der Waals surface area (Å²) in [6, 6.07) is 8.41. The highest BCUT2D eigenvalue weighted by molar-refractivity contribution is 14.1. The maximum atomic E-state index is 12.6. The van der Waals surface area contributed by atoms with Crippen LogP contribution < -0.4 is 4.90 Å². The third kappa shape index (κ3) is 9.05. The smallest absolute Gasteiger partial charge is 0.303 e. The molecule has 10 nitrogen and oxygen atoms in total. The number of nitrogens with zero attached hydrogens (tertiary/aromatic N) is 2. The number of fused-ring (bicyclic) bond motifs is 2. The molecular weight excluding hydrogens is 918 g/mol. The molecule has 2 aliphatic rings. The molecule has 0 saturated heterocycles. The summed E-state index contributed by atoms with van der Waals surface area (Å²) in [6.07, 6.45) is 17.2. The quantitative estimate of drug-likeness (QED) is 0.0525. The van der Waals surface area contributed by atoms with Crippen molar-refractivity contribution in [1.29, 1.82) is 0 Å². The van der Waals surface area contributed by atoms with Crippen LogP contribution in [0.1, 0.15) is 83.8 Å². The molecule has 0 amide bonds. The highest BCUT2D eigenvalue weighted by Crippen LogP contribution is 2.50. The average molecular weight is 964 g/mol. The number of rotatable bonds is 15. The molecule has 0 saturated carbocycles. The minimum absolute atomic E-state index is 0.136. The highest BCUT2D eigenvalue weighted by atomic mass is 127. The highest BCUT2D eigenvalue weighted by Gasteiger charge is 2.48. The molecule has 0 fully saturated rings. The molecule has 0 aliphatic carbocycles. The third-order valence-electron chi connectivity index (χ3n) is 9.66. The van der Waals surface area contributed by atoms with E-state index < -0.39 is 37.0 Å². The van der Waals surface area contributed by atoms with E-state index in [0.29, 0.717) is 29.8 Å². The van der Waals surface area contributed by atoms with Gasteiger partial charge in [0.05, 0.1) is 15.9 Å². The average Bonchev–Trinajstić information content (AvgIpc) is 3.36. The Morgan fingerprint density at radius 2 is 1.63 bits per heavy atom. The molecule has 0 bridgehead atoms. The number of allylic oxidation sites excluding steroid dienone is 8. The lowest BCUT2D eigenvalue weighted by molar-refractivity contribution is -0.401. The Hall–Kier alpha value is -2.38. The Bertz CT molecular complexity index is 2070. The zero-order chi connectivity index (χ0) is 37.9. The molecule has 2 aromatic carbocycles. The van der Waals surface area contributed by atoms with E-state index in [1.165, 1.54) is 27.3 Å². The summed E-state index contributed by atoms with van der Waals surface area (Å²) >= 11 is 4.74. The van der Waals surface area contributed by atoms with Gasteiger partial charge in [-0.1, -0.05) is 70.4 Å². The van der Waals surface area contributed by atoms with Crippen molar-refractivity contribution in [2.24, 2.45) is 0 Å². The van der Waals surface area contributed by atoms with Gasteiger partial charge in [0.15, 0.2) is 11.1 Å². The Morgan fingerprint density at radius 1 is 0.961 bits per heavy atom. The minimum Gasteiger partial charge on any atom is -0.481 e. The van der Waals surface area contributed by atoms with Crippen molar-refractivity contribution in [3.05, 3.63) is 96.8 Å². The first kappa shape index (κ1) is 41.4. The first-order chi connectivity index (χ1) is 23.7. The van der Waals surface area contributed by atoms with Gasteiger partial charge in [0.2, 0.25) is 5.69 Å². The monoisotopic (exact) mass is 963 g/mol. The number of carboxylic acid groups (broad SMARTS) is 1. The molecule has 2 aliphatic heterocycles. The molecule has 2 atom stereocenters. The normalized spacial score (nSPS) is 20.3. The first-order valence-electron chi connectivity index (χ1n) is 16.7. The fourth-order valence-electron chi connectivity index (χ4n) is 7.18. The number of aliphatic carboxylic acids is 1. The Labute approximate surface area is 328 Å². The van der Waals surface area contributed by atoms with Crippen LogP contribution in [0, 0.1) is 7.14 Å². The van der Waals surface area contributed by atoms with Gasteiger partial charge in [-0.15, -0.1) is 0 Å². The number of hydrogen-bond acceptors (Lipinski definition) is 6. The second kappa shape index (κ2) is 16.3. The van der Waals surface area contributed by atoms with Crippen LogP contribution >= 0.6 is 45.2 Å². The molecule has 2 aromatic rings. The molecule has 0 radical (unpaired) electrons. The van der Waals surface area contributed by atoms with Crippen molar-refractivity contribution in [1.82, 2.24) is 0 Å². The Kier molecular flexibility index (Phi) is 13.2. The van der Waals surface area contributed by atoms with Crippen LogP contribution in [0.2, 0.25) is 0 Å². The standard InChI is InChI=1S/C37H44I2N2O8S2/c1-6-15-33(51(47,48)49)41-29-20-19-26(50(44,45)46)24-27(29)36(2,3)31(41)16-11-8-7-9-12-17-32-37(4,21-14-10-13-18-34(42)43)35-28(39)22-25(38)23-30(35)40(32)5/h7-9,11-12,16-17,19-20,22-24,33H,6,10,13-15,18,21H2,1-5H3,(H2-,42,43,44,45,46,47,48,49)/p+1. The summed E-state index contributed by atoms with van der Waals surface area (Å²) in [4.78, 5) is 12.3. The van der Waals surface area contributed by atoms with Crippen LogP contribution in [-0.4, -0.2) is 59.7 Å². The summed E-state index contributed by atoms with van der Waals surface area (Å²) in [5.74, 6) is -0.772. The molecule has 51 heavy (non-hydrogen) atoms. The van der Waals surface area contributed by atoms with E-state index in [1.54, 1.807) is 17.1 Å². The number of unbranched alkanes of at least 4 members (excludes halogenated alkanes) is 2. The van der Waals surface area contributed by atoms with Crippen molar-refractivity contribution in [2.75, 3.05) is 11.9 Å². The summed E-state index contributed by atoms with van der Waals surface area (Å²) in [7, 11) is -6.97. The van der Waals surface area contributed by atoms with E-state index >= 15 is 0 Å². The second-order valence-electron chi connectivity index (χ2n) is 13.6. The molecule has 0 aromatic heterocycles. The number of hydrogen-bond donors (Lipinski definition) is 3. The summed E-state index contributed by atoms with van der Waals surface area (Å²) < 4.78 is 73.7. The van der Waals surface area contributed by atoms with Gasteiger partial charge in [0.25, 0.3) is 20.2 Å². The lowest BCUT2D eigenvalue weighted by Gasteiger charge is -2.32. The van der Waals surface area contributed by atoms with Gasteiger partial charge in [-0.25, -0.2) is 0 Å². The number of carbonyl (C=O) groups is 1. The zero-order valence-corrected chi connectivity index (χ0v) is 35.3. The summed E-state index contributed by atoms with van der Waals surface area (Å²) in [5.41, 5.74) is 3.95. The van der Waals surface area contributed by atoms with E-state index in [2.05, 4.69) is 81.9 Å². The molecule has 2 unspecified atom stereocenters. The number of benzene rings is 2. The molecule has 14 heteroatoms. The van der Waals surface area contributed by atoms with Crippen molar-refractivity contribution >= 4 is 88.5 Å². The summed E-state index contributed by atoms with van der Waals surface area (Å²) in [5, 5.41) is 7.76. The zero-order valence-electron chi connectivity index (χ0n) is 29.3. The predicted octanol–water partition coefficient (Wildman–Crippen LogP) is 8.53. The maximum Gasteiger partial charge on any atom is 0.303 e. The van der Waals surface area contributed by atoms with Gasteiger partial charge in [0, 0.05) is 42.5 Å². The molecule has 276 valence electrons. The van der Waals surface area contributed by atoms with Gasteiger partial charge in [-0.2, -0.15) is 21.4 Å². The fourth-order valence-corrected chi connectivity index (χ4v) is 11.1. The molecule has 3 N–H and O–H groups in total. The van der Waals surface area contributed by atoms with Gasteiger partial charge in [-0.3, -0.25) is 13.9 Å². The van der Waals surface area contributed by atoms with Crippen molar-refractivity contribution in [2.45, 2.75) is 93.7 Å². The lowest BCUT2D eigenvalue weighted by Crippen LogP contribution is -2.40. The predicted molar refractivity (Wildman–Crippen MR) is 218 cm³/mol. The SMILES string of the molecule is CCCC(N1\C(=C/C=C/C=C/C=C/C2=[N+](C)c3cc(I)cc(I)c3C2(C)CCCCCC(=O)O)C(C)(C)c2cc(S(=O)(=O)O)ccc21)S(=O)(=O)O. The molecular formula is C37H45I2N2O8S2+. The van der Waals surface area contributed by atoms with Crippen LogP contribution in [0.3, 0.4) is 0 Å².